The fourth-order valence-corrected chi connectivity index (χ4v) is 1.94. The summed E-state index contributed by atoms with van der Waals surface area (Å²) in [6.07, 6.45) is 0.184. The summed E-state index contributed by atoms with van der Waals surface area (Å²) in [6, 6.07) is 0. The zero-order valence-electron chi connectivity index (χ0n) is 7.46. The SMILES string of the molecule is C[C@@H]1CO[P@](OC(C)(C)C)O1. The average Bonchev–Trinajstić information content (AvgIpc) is 2.10. The Bertz CT molecular complexity index is 132. The molecular formula is C7H15O3P. The van der Waals surface area contributed by atoms with E-state index in [0.717, 1.165) is 0 Å². The molecule has 0 bridgehead atoms. The molecule has 0 spiro atoms. The number of hydrogen-bond donors (Lipinski definition) is 0. The van der Waals surface area contributed by atoms with E-state index in [-0.39, 0.29) is 11.7 Å². The topological polar surface area (TPSA) is 27.7 Å². The Balaban J connectivity index is 2.29. The maximum absolute atomic E-state index is 5.49. The van der Waals surface area contributed by atoms with Crippen LogP contribution in [0.25, 0.3) is 0 Å². The Labute approximate surface area is 69.0 Å². The minimum Gasteiger partial charge on any atom is -0.309 e. The fourth-order valence-electron chi connectivity index (χ4n) is 0.645. The standard InChI is InChI=1S/C7H15O3P/c1-6-5-8-11(9-6)10-7(2,3)4/h6H,5H2,1-4H3/t6-,11+/m1/s1. The number of hydrogen-bond acceptors (Lipinski definition) is 3. The molecule has 0 N–H and O–H groups in total. The third-order valence-electron chi connectivity index (χ3n) is 1.03. The van der Waals surface area contributed by atoms with Gasteiger partial charge >= 0.3 is 8.60 Å². The summed E-state index contributed by atoms with van der Waals surface area (Å²) in [7, 11) is -1.07. The third-order valence-corrected chi connectivity index (χ3v) is 2.62. The summed E-state index contributed by atoms with van der Waals surface area (Å²) < 4.78 is 16.1. The van der Waals surface area contributed by atoms with Crippen LogP contribution < -0.4 is 0 Å². The van der Waals surface area contributed by atoms with Crippen molar-refractivity contribution in [3.63, 3.8) is 0 Å². The van der Waals surface area contributed by atoms with Crippen LogP contribution in [0.5, 0.6) is 0 Å². The lowest BCUT2D eigenvalue weighted by Crippen LogP contribution is -2.16. The molecule has 0 amide bonds. The highest BCUT2D eigenvalue weighted by Gasteiger charge is 2.29. The van der Waals surface area contributed by atoms with Gasteiger partial charge in [0, 0.05) is 0 Å². The van der Waals surface area contributed by atoms with Crippen molar-refractivity contribution in [1.29, 1.82) is 0 Å². The van der Waals surface area contributed by atoms with Crippen molar-refractivity contribution in [2.24, 2.45) is 0 Å². The Morgan fingerprint density at radius 1 is 1.45 bits per heavy atom. The highest BCUT2D eigenvalue weighted by atomic mass is 31.2. The molecule has 0 aromatic heterocycles. The van der Waals surface area contributed by atoms with Crippen molar-refractivity contribution in [2.45, 2.75) is 39.4 Å². The summed E-state index contributed by atoms with van der Waals surface area (Å²) in [6.45, 7) is 8.61. The molecule has 0 saturated carbocycles. The largest absolute Gasteiger partial charge is 0.333 e. The molecule has 1 aliphatic heterocycles. The van der Waals surface area contributed by atoms with Crippen molar-refractivity contribution in [3.05, 3.63) is 0 Å². The summed E-state index contributed by atoms with van der Waals surface area (Å²) in [4.78, 5) is 0. The Morgan fingerprint density at radius 2 is 2.09 bits per heavy atom. The molecule has 1 fully saturated rings. The Kier molecular flexibility index (Phi) is 2.87. The molecule has 0 aliphatic carbocycles. The maximum Gasteiger partial charge on any atom is 0.333 e. The van der Waals surface area contributed by atoms with E-state index in [4.69, 9.17) is 13.6 Å². The minimum absolute atomic E-state index is 0.171. The summed E-state index contributed by atoms with van der Waals surface area (Å²) in [5.74, 6) is 0. The van der Waals surface area contributed by atoms with Crippen LogP contribution in [0.4, 0.5) is 0 Å². The smallest absolute Gasteiger partial charge is 0.309 e. The minimum atomic E-state index is -1.07. The van der Waals surface area contributed by atoms with Crippen LogP contribution in [0.1, 0.15) is 27.7 Å². The molecule has 2 atom stereocenters. The van der Waals surface area contributed by atoms with E-state index < -0.39 is 8.60 Å². The van der Waals surface area contributed by atoms with Crippen LogP contribution in [0.15, 0.2) is 0 Å². The van der Waals surface area contributed by atoms with Crippen LogP contribution in [-0.4, -0.2) is 18.3 Å². The predicted molar refractivity (Wildman–Crippen MR) is 44.3 cm³/mol. The van der Waals surface area contributed by atoms with Gasteiger partial charge in [-0.15, -0.1) is 0 Å². The monoisotopic (exact) mass is 178 g/mol. The van der Waals surface area contributed by atoms with Crippen LogP contribution >= 0.6 is 8.60 Å². The van der Waals surface area contributed by atoms with E-state index in [1.54, 1.807) is 0 Å². The van der Waals surface area contributed by atoms with Gasteiger partial charge in [0.2, 0.25) is 0 Å². The molecule has 0 aromatic carbocycles. The third kappa shape index (κ3) is 3.48. The first-order valence-electron chi connectivity index (χ1n) is 3.76. The van der Waals surface area contributed by atoms with Gasteiger partial charge in [0.1, 0.15) is 0 Å². The van der Waals surface area contributed by atoms with E-state index in [2.05, 4.69) is 0 Å². The molecular weight excluding hydrogens is 163 g/mol. The van der Waals surface area contributed by atoms with Gasteiger partial charge in [0.15, 0.2) is 0 Å². The second kappa shape index (κ2) is 3.36. The zero-order chi connectivity index (χ0) is 8.48. The lowest BCUT2D eigenvalue weighted by Gasteiger charge is -2.21. The molecule has 1 saturated heterocycles. The second-order valence-corrected chi connectivity index (χ2v) is 4.74. The van der Waals surface area contributed by atoms with E-state index in [1.807, 2.05) is 27.7 Å². The molecule has 3 nitrogen and oxygen atoms in total. The van der Waals surface area contributed by atoms with Crippen LogP contribution in [-0.2, 0) is 13.6 Å². The molecule has 1 rings (SSSR count). The fraction of sp³-hybridized carbons (Fsp3) is 1.00. The van der Waals surface area contributed by atoms with E-state index in [0.29, 0.717) is 6.61 Å². The molecule has 1 aliphatic rings. The van der Waals surface area contributed by atoms with E-state index in [9.17, 15) is 0 Å². The lowest BCUT2D eigenvalue weighted by atomic mass is 10.2. The maximum atomic E-state index is 5.49. The molecule has 0 aromatic rings. The number of rotatable bonds is 1. The van der Waals surface area contributed by atoms with Gasteiger partial charge in [0.25, 0.3) is 0 Å². The van der Waals surface area contributed by atoms with Crippen molar-refractivity contribution >= 4 is 8.60 Å². The lowest BCUT2D eigenvalue weighted by molar-refractivity contribution is 0.104. The van der Waals surface area contributed by atoms with Gasteiger partial charge < -0.3 is 13.6 Å². The van der Waals surface area contributed by atoms with Crippen LogP contribution in [0.2, 0.25) is 0 Å². The molecule has 11 heavy (non-hydrogen) atoms. The first kappa shape index (κ1) is 9.40. The van der Waals surface area contributed by atoms with Crippen molar-refractivity contribution < 1.29 is 13.6 Å². The highest BCUT2D eigenvalue weighted by molar-refractivity contribution is 7.42. The Morgan fingerprint density at radius 3 is 2.45 bits per heavy atom. The van der Waals surface area contributed by atoms with E-state index in [1.165, 1.54) is 0 Å². The molecule has 66 valence electrons. The summed E-state index contributed by atoms with van der Waals surface area (Å²) in [5.41, 5.74) is -0.171. The van der Waals surface area contributed by atoms with Gasteiger partial charge in [-0.05, 0) is 27.7 Å². The molecule has 1 heterocycles. The van der Waals surface area contributed by atoms with Gasteiger partial charge in [-0.25, -0.2) is 0 Å². The normalized spacial score (nSPS) is 32.7. The quantitative estimate of drug-likeness (QED) is 0.577. The first-order valence-corrected chi connectivity index (χ1v) is 4.86. The molecule has 0 radical (unpaired) electrons. The van der Waals surface area contributed by atoms with Crippen LogP contribution in [0.3, 0.4) is 0 Å². The molecule has 0 unspecified atom stereocenters. The summed E-state index contributed by atoms with van der Waals surface area (Å²) >= 11 is 0. The zero-order valence-corrected chi connectivity index (χ0v) is 8.35. The molecule has 4 heteroatoms. The van der Waals surface area contributed by atoms with Crippen molar-refractivity contribution in [2.75, 3.05) is 6.61 Å². The first-order chi connectivity index (χ1) is 4.97. The Hall–Kier alpha value is 0.310. The predicted octanol–water partition coefficient (Wildman–Crippen LogP) is 2.46. The van der Waals surface area contributed by atoms with Crippen LogP contribution in [0, 0.1) is 0 Å². The van der Waals surface area contributed by atoms with Gasteiger partial charge in [0.05, 0.1) is 18.3 Å². The van der Waals surface area contributed by atoms with Gasteiger partial charge in [-0.2, -0.15) is 0 Å². The highest BCUT2D eigenvalue weighted by Crippen LogP contribution is 2.49. The van der Waals surface area contributed by atoms with Gasteiger partial charge in [-0.3, -0.25) is 0 Å². The van der Waals surface area contributed by atoms with Crippen molar-refractivity contribution in [1.82, 2.24) is 0 Å². The van der Waals surface area contributed by atoms with Gasteiger partial charge in [-0.1, -0.05) is 0 Å². The van der Waals surface area contributed by atoms with E-state index >= 15 is 0 Å². The second-order valence-electron chi connectivity index (χ2n) is 3.64. The van der Waals surface area contributed by atoms with Crippen molar-refractivity contribution in [3.8, 4) is 0 Å². The summed E-state index contributed by atoms with van der Waals surface area (Å²) in [5, 5.41) is 0. The average molecular weight is 178 g/mol.